The maximum Gasteiger partial charge on any atom is 0.408 e. The van der Waals surface area contributed by atoms with Crippen LogP contribution in [0, 0.1) is 12.8 Å². The van der Waals surface area contributed by atoms with E-state index in [9.17, 15) is 14.4 Å². The molecule has 1 saturated heterocycles. The zero-order valence-electron chi connectivity index (χ0n) is 27.8. The number of nitrogens with one attached hydrogen (secondary N) is 2. The second-order valence-electron chi connectivity index (χ2n) is 13.4. The Morgan fingerprint density at radius 2 is 1.85 bits per heavy atom. The fourth-order valence-electron chi connectivity index (χ4n) is 5.80. The van der Waals surface area contributed by atoms with E-state index in [-0.39, 0.29) is 30.3 Å². The van der Waals surface area contributed by atoms with Crippen LogP contribution >= 0.6 is 11.3 Å². The van der Waals surface area contributed by atoms with Crippen molar-refractivity contribution in [2.45, 2.75) is 78.0 Å². The van der Waals surface area contributed by atoms with E-state index < -0.39 is 17.2 Å². The molecule has 5 rings (SSSR count). The number of carbonyl (C=O) groups excluding carboxylic acids is 3. The number of oxazole rings is 1. The number of aryl methyl sites for hydroxylation is 1. The maximum absolute atomic E-state index is 14.0. The molecule has 1 aliphatic heterocycles. The molecule has 1 fully saturated rings. The summed E-state index contributed by atoms with van der Waals surface area (Å²) in [6, 6.07) is 14.8. The van der Waals surface area contributed by atoms with E-state index in [0.29, 0.717) is 35.5 Å². The van der Waals surface area contributed by atoms with Gasteiger partial charge in [0.25, 0.3) is 11.8 Å². The van der Waals surface area contributed by atoms with Gasteiger partial charge in [-0.3, -0.25) is 9.59 Å². The lowest BCUT2D eigenvalue weighted by atomic mass is 9.81. The quantitative estimate of drug-likeness (QED) is 0.189. The van der Waals surface area contributed by atoms with Crippen molar-refractivity contribution < 1.29 is 23.5 Å². The number of hydrogen-bond donors (Lipinski definition) is 2. The molecule has 11 heteroatoms. The van der Waals surface area contributed by atoms with E-state index in [1.54, 1.807) is 29.5 Å². The lowest BCUT2D eigenvalue weighted by Crippen LogP contribution is -2.56. The van der Waals surface area contributed by atoms with Crippen LogP contribution in [-0.4, -0.2) is 57.0 Å². The number of alkyl carbamates (subject to hydrolysis) is 1. The molecule has 2 aromatic heterocycles. The van der Waals surface area contributed by atoms with Crippen molar-refractivity contribution in [3.63, 3.8) is 0 Å². The summed E-state index contributed by atoms with van der Waals surface area (Å²) in [4.78, 5) is 51.4. The van der Waals surface area contributed by atoms with Gasteiger partial charge in [0.1, 0.15) is 16.9 Å². The molecule has 248 valence electrons. The Morgan fingerprint density at radius 1 is 1.11 bits per heavy atom. The summed E-state index contributed by atoms with van der Waals surface area (Å²) in [5.74, 6) is -0.421. The average Bonchev–Trinajstić information content (AvgIpc) is 3.81. The monoisotopic (exact) mass is 657 g/mol. The minimum Gasteiger partial charge on any atom is -0.445 e. The Balaban J connectivity index is 1.37. The summed E-state index contributed by atoms with van der Waals surface area (Å²) in [6.07, 6.45) is 4.69. The lowest BCUT2D eigenvalue weighted by Gasteiger charge is -2.37. The summed E-state index contributed by atoms with van der Waals surface area (Å²) in [7, 11) is 0. The maximum atomic E-state index is 14.0. The number of rotatable bonds is 10. The number of ether oxygens (including phenoxy) is 1. The van der Waals surface area contributed by atoms with Gasteiger partial charge in [-0.2, -0.15) is 0 Å². The summed E-state index contributed by atoms with van der Waals surface area (Å²) in [6.45, 7) is 12.2. The van der Waals surface area contributed by atoms with Crippen molar-refractivity contribution in [1.82, 2.24) is 25.5 Å². The van der Waals surface area contributed by atoms with Gasteiger partial charge >= 0.3 is 6.09 Å². The molecule has 10 nitrogen and oxygen atoms in total. The smallest absolute Gasteiger partial charge is 0.408 e. The van der Waals surface area contributed by atoms with E-state index in [0.717, 1.165) is 29.1 Å². The number of amides is 3. The summed E-state index contributed by atoms with van der Waals surface area (Å²) in [5, 5.41) is 9.03. The van der Waals surface area contributed by atoms with Crippen molar-refractivity contribution in [3.05, 3.63) is 93.8 Å². The molecule has 3 atom stereocenters. The van der Waals surface area contributed by atoms with Gasteiger partial charge < -0.3 is 24.7 Å². The molecule has 0 spiro atoms. The van der Waals surface area contributed by atoms with Crippen LogP contribution in [0.3, 0.4) is 0 Å². The molecular formula is C36H43N5O5S. The predicted octanol–water partition coefficient (Wildman–Crippen LogP) is 6.98. The summed E-state index contributed by atoms with van der Waals surface area (Å²) < 4.78 is 11.1. The van der Waals surface area contributed by atoms with E-state index in [1.807, 2.05) is 82.2 Å². The van der Waals surface area contributed by atoms with Gasteiger partial charge in [-0.1, -0.05) is 37.3 Å². The first kappa shape index (κ1) is 33.8. The highest BCUT2D eigenvalue weighted by molar-refractivity contribution is 7.09. The molecule has 0 aliphatic carbocycles. The number of nitrogens with zero attached hydrogens (tertiary/aromatic N) is 3. The van der Waals surface area contributed by atoms with Gasteiger partial charge in [-0.15, -0.1) is 11.3 Å². The van der Waals surface area contributed by atoms with Crippen LogP contribution in [0.25, 0.3) is 11.5 Å². The summed E-state index contributed by atoms with van der Waals surface area (Å²) in [5.41, 5.74) is 1.77. The molecule has 47 heavy (non-hydrogen) atoms. The van der Waals surface area contributed by atoms with E-state index in [2.05, 4.69) is 20.6 Å². The normalized spacial score (nSPS) is 16.7. The number of benzene rings is 2. The van der Waals surface area contributed by atoms with Crippen LogP contribution < -0.4 is 10.6 Å². The van der Waals surface area contributed by atoms with Gasteiger partial charge in [0.2, 0.25) is 5.89 Å². The van der Waals surface area contributed by atoms with E-state index in [4.69, 9.17) is 9.15 Å². The van der Waals surface area contributed by atoms with E-state index >= 15 is 0 Å². The highest BCUT2D eigenvalue weighted by Gasteiger charge is 2.36. The third-order valence-electron chi connectivity index (χ3n) is 8.41. The van der Waals surface area contributed by atoms with Crippen LogP contribution in [-0.2, 0) is 11.2 Å². The predicted molar refractivity (Wildman–Crippen MR) is 181 cm³/mol. The van der Waals surface area contributed by atoms with Crippen molar-refractivity contribution in [1.29, 1.82) is 0 Å². The summed E-state index contributed by atoms with van der Waals surface area (Å²) >= 11 is 1.56. The highest BCUT2D eigenvalue weighted by Crippen LogP contribution is 2.35. The minimum absolute atomic E-state index is 0.107. The second kappa shape index (κ2) is 14.1. The van der Waals surface area contributed by atoms with Crippen LogP contribution in [0.2, 0.25) is 0 Å². The molecule has 0 saturated carbocycles. The Kier molecular flexibility index (Phi) is 10.1. The van der Waals surface area contributed by atoms with Crippen LogP contribution in [0.15, 0.2) is 70.8 Å². The molecule has 0 radical (unpaired) electrons. The number of carbonyl (C=O) groups is 3. The molecule has 0 bridgehead atoms. The van der Waals surface area contributed by atoms with Crippen molar-refractivity contribution >= 4 is 29.2 Å². The molecule has 3 unspecified atom stereocenters. The first-order valence-electron chi connectivity index (χ1n) is 15.9. The Morgan fingerprint density at radius 3 is 2.51 bits per heavy atom. The topological polar surface area (TPSA) is 127 Å². The van der Waals surface area contributed by atoms with E-state index in [1.165, 1.54) is 12.5 Å². The van der Waals surface area contributed by atoms with Crippen molar-refractivity contribution in [2.75, 3.05) is 13.1 Å². The van der Waals surface area contributed by atoms with Gasteiger partial charge in [0.05, 0.1) is 12.2 Å². The Hall–Kier alpha value is -4.51. The molecule has 2 N–H and O–H groups in total. The minimum atomic E-state index is -0.753. The molecular weight excluding hydrogens is 614 g/mol. The second-order valence-corrected chi connectivity index (χ2v) is 14.3. The standard InChI is InChI=1S/C36H43N5O5S/c1-23(36(6,20-25-11-8-7-9-12-25)40-34(44)46-35(3,4)5)21-38-30(42)26-17-27(31-37-14-16-45-31)19-28(18-26)33(43)41-15-10-13-29(41)32-39-24(2)22-47-32/h7-9,11-12,14,16-19,22-23,29H,10,13,15,20-21H2,1-6H3,(H,38,42)(H,40,44). The fourth-order valence-corrected chi connectivity index (χ4v) is 6.74. The number of likely N-dealkylation sites (tertiary alicyclic amines) is 1. The zero-order chi connectivity index (χ0) is 33.8. The average molecular weight is 658 g/mol. The van der Waals surface area contributed by atoms with Gasteiger partial charge in [0.15, 0.2) is 0 Å². The number of hydrogen-bond acceptors (Lipinski definition) is 8. The van der Waals surface area contributed by atoms with Crippen LogP contribution in [0.4, 0.5) is 4.79 Å². The van der Waals surface area contributed by atoms with Gasteiger partial charge in [0, 0.05) is 46.4 Å². The Bertz CT molecular complexity index is 1700. The van der Waals surface area contributed by atoms with Crippen molar-refractivity contribution in [3.8, 4) is 11.5 Å². The molecule has 1 aliphatic rings. The third kappa shape index (κ3) is 8.45. The van der Waals surface area contributed by atoms with Gasteiger partial charge in [-0.05, 0) is 83.6 Å². The Labute approximate surface area is 279 Å². The largest absolute Gasteiger partial charge is 0.445 e. The molecule has 3 amide bonds. The highest BCUT2D eigenvalue weighted by atomic mass is 32.1. The first-order chi connectivity index (χ1) is 22.3. The van der Waals surface area contributed by atoms with Crippen molar-refractivity contribution in [2.24, 2.45) is 5.92 Å². The van der Waals surface area contributed by atoms with Gasteiger partial charge in [-0.25, -0.2) is 14.8 Å². The number of thiazole rings is 1. The number of aromatic nitrogens is 2. The van der Waals surface area contributed by atoms with Crippen LogP contribution in [0.1, 0.15) is 90.5 Å². The molecule has 4 aromatic rings. The van der Waals surface area contributed by atoms with Crippen LogP contribution in [0.5, 0.6) is 0 Å². The fraction of sp³-hybridized carbons (Fsp3) is 0.417. The first-order valence-corrected chi connectivity index (χ1v) is 16.8. The zero-order valence-corrected chi connectivity index (χ0v) is 28.6. The third-order valence-corrected chi connectivity index (χ3v) is 9.48. The lowest BCUT2D eigenvalue weighted by molar-refractivity contribution is 0.0426. The molecule has 2 aromatic carbocycles. The SMILES string of the molecule is Cc1csc(C2CCCN2C(=O)c2cc(C(=O)NCC(C)C(C)(Cc3ccccc3)NC(=O)OC(C)(C)C)cc(-c3ncco3)c2)n1. The molecule has 3 heterocycles.